The summed E-state index contributed by atoms with van der Waals surface area (Å²) in [5.41, 5.74) is 6.44. The molecule has 2 nitrogen and oxygen atoms in total. The van der Waals surface area contributed by atoms with Crippen LogP contribution in [-0.4, -0.2) is 11.4 Å². The van der Waals surface area contributed by atoms with Crippen LogP contribution in [0.15, 0.2) is 23.2 Å². The van der Waals surface area contributed by atoms with E-state index in [0.717, 1.165) is 5.56 Å². The Morgan fingerprint density at radius 3 is 2.27 bits per heavy atom. The lowest BCUT2D eigenvalue weighted by molar-refractivity contribution is 0.583. The van der Waals surface area contributed by atoms with Gasteiger partial charge in [0.2, 0.25) is 0 Å². The smallest absolute Gasteiger partial charge is 0.126 e. The number of hydrogen-bond acceptors (Lipinski definition) is 1. The Bertz CT molecular complexity index is 392. The highest BCUT2D eigenvalue weighted by molar-refractivity contribution is 6.42. The number of amidine groups is 1. The Morgan fingerprint density at radius 1 is 1.20 bits per heavy atom. The zero-order valence-corrected chi connectivity index (χ0v) is 10.5. The van der Waals surface area contributed by atoms with Crippen LogP contribution >= 0.6 is 23.2 Å². The molecule has 0 saturated heterocycles. The molecule has 0 fully saturated rings. The molecule has 0 amide bonds. The molecule has 0 aliphatic carbocycles. The highest BCUT2D eigenvalue weighted by Gasteiger charge is 2.10. The fourth-order valence-electron chi connectivity index (χ4n) is 1.08. The summed E-state index contributed by atoms with van der Waals surface area (Å²) < 4.78 is 0. The van der Waals surface area contributed by atoms with Crippen LogP contribution in [0.25, 0.3) is 0 Å². The third kappa shape index (κ3) is 3.73. The first-order valence-electron chi connectivity index (χ1n) is 4.60. The maximum Gasteiger partial charge on any atom is 0.126 e. The van der Waals surface area contributed by atoms with Crippen LogP contribution in [0, 0.1) is 0 Å². The van der Waals surface area contributed by atoms with Gasteiger partial charge < -0.3 is 5.73 Å². The van der Waals surface area contributed by atoms with Crippen molar-refractivity contribution in [1.82, 2.24) is 0 Å². The number of aliphatic imine (C=N–C) groups is 1. The van der Waals surface area contributed by atoms with E-state index in [1.165, 1.54) is 0 Å². The molecule has 0 radical (unpaired) electrons. The lowest BCUT2D eigenvalue weighted by Crippen LogP contribution is -2.21. The standard InChI is InChI=1S/C11H14Cl2N2/c1-11(2,3)15-10(14)7-4-5-8(12)9(13)6-7/h4-6H,1-3H3,(H2,14,15). The third-order valence-corrected chi connectivity index (χ3v) is 2.41. The Hall–Kier alpha value is -0.730. The fraction of sp³-hybridized carbons (Fsp3) is 0.364. The first kappa shape index (κ1) is 12.3. The molecule has 0 saturated carbocycles. The molecule has 15 heavy (non-hydrogen) atoms. The SMILES string of the molecule is CC(C)(C)N=C(N)c1ccc(Cl)c(Cl)c1. The van der Waals surface area contributed by atoms with Gasteiger partial charge in [-0.15, -0.1) is 0 Å². The Balaban J connectivity index is 3.07. The van der Waals surface area contributed by atoms with Gasteiger partial charge in [0.05, 0.1) is 15.6 Å². The van der Waals surface area contributed by atoms with Crippen LogP contribution in [0.3, 0.4) is 0 Å². The van der Waals surface area contributed by atoms with E-state index in [1.54, 1.807) is 18.2 Å². The van der Waals surface area contributed by atoms with Crippen molar-refractivity contribution in [2.75, 3.05) is 0 Å². The van der Waals surface area contributed by atoms with E-state index in [-0.39, 0.29) is 5.54 Å². The molecule has 0 spiro atoms. The number of nitrogens with zero attached hydrogens (tertiary/aromatic N) is 1. The van der Waals surface area contributed by atoms with Crippen molar-refractivity contribution in [3.05, 3.63) is 33.8 Å². The number of benzene rings is 1. The molecule has 0 aromatic heterocycles. The zero-order valence-electron chi connectivity index (χ0n) is 9.01. The summed E-state index contributed by atoms with van der Waals surface area (Å²) in [6, 6.07) is 5.23. The molecule has 0 atom stereocenters. The fourth-order valence-corrected chi connectivity index (χ4v) is 1.38. The summed E-state index contributed by atoms with van der Waals surface area (Å²) in [5, 5.41) is 1.00. The van der Waals surface area contributed by atoms with Crippen molar-refractivity contribution in [1.29, 1.82) is 0 Å². The predicted molar refractivity (Wildman–Crippen MR) is 66.9 cm³/mol. The van der Waals surface area contributed by atoms with Crippen LogP contribution in [-0.2, 0) is 0 Å². The molecule has 0 unspecified atom stereocenters. The van der Waals surface area contributed by atoms with Crippen molar-refractivity contribution >= 4 is 29.0 Å². The highest BCUT2D eigenvalue weighted by atomic mass is 35.5. The summed E-state index contributed by atoms with van der Waals surface area (Å²) >= 11 is 11.7. The summed E-state index contributed by atoms with van der Waals surface area (Å²) in [6.45, 7) is 5.95. The van der Waals surface area contributed by atoms with E-state index >= 15 is 0 Å². The topological polar surface area (TPSA) is 38.4 Å². The van der Waals surface area contributed by atoms with Crippen molar-refractivity contribution in [2.24, 2.45) is 10.7 Å². The zero-order chi connectivity index (χ0) is 11.6. The molecule has 0 heterocycles. The highest BCUT2D eigenvalue weighted by Crippen LogP contribution is 2.22. The molecule has 0 bridgehead atoms. The van der Waals surface area contributed by atoms with Gasteiger partial charge in [0.15, 0.2) is 0 Å². The second kappa shape index (κ2) is 4.42. The minimum Gasteiger partial charge on any atom is -0.383 e. The van der Waals surface area contributed by atoms with Gasteiger partial charge >= 0.3 is 0 Å². The predicted octanol–water partition coefficient (Wildman–Crippen LogP) is 3.50. The van der Waals surface area contributed by atoms with Crippen LogP contribution in [0.5, 0.6) is 0 Å². The van der Waals surface area contributed by atoms with Gasteiger partial charge in [-0.2, -0.15) is 0 Å². The lowest BCUT2D eigenvalue weighted by atomic mass is 10.1. The second-order valence-corrected chi connectivity index (χ2v) is 5.11. The molecular weight excluding hydrogens is 231 g/mol. The van der Waals surface area contributed by atoms with E-state index in [9.17, 15) is 0 Å². The summed E-state index contributed by atoms with van der Waals surface area (Å²) in [7, 11) is 0. The summed E-state index contributed by atoms with van der Waals surface area (Å²) in [5.74, 6) is 0.473. The molecule has 1 rings (SSSR count). The van der Waals surface area contributed by atoms with Gasteiger partial charge in [0, 0.05) is 5.56 Å². The van der Waals surface area contributed by atoms with Crippen molar-refractivity contribution in [3.8, 4) is 0 Å². The monoisotopic (exact) mass is 244 g/mol. The molecule has 82 valence electrons. The molecule has 1 aromatic carbocycles. The van der Waals surface area contributed by atoms with Crippen LogP contribution in [0.4, 0.5) is 0 Å². The quantitative estimate of drug-likeness (QED) is 0.596. The average molecular weight is 245 g/mol. The van der Waals surface area contributed by atoms with Gasteiger partial charge in [-0.3, -0.25) is 4.99 Å². The van der Waals surface area contributed by atoms with E-state index in [1.807, 2.05) is 20.8 Å². The Kier molecular flexibility index (Phi) is 3.63. The number of nitrogens with two attached hydrogens (primary N) is 1. The minimum atomic E-state index is -0.198. The van der Waals surface area contributed by atoms with E-state index in [4.69, 9.17) is 28.9 Å². The van der Waals surface area contributed by atoms with Crippen LogP contribution in [0.2, 0.25) is 10.0 Å². The first-order valence-corrected chi connectivity index (χ1v) is 5.36. The number of rotatable bonds is 1. The van der Waals surface area contributed by atoms with E-state index in [0.29, 0.717) is 15.9 Å². The summed E-state index contributed by atoms with van der Waals surface area (Å²) in [4.78, 5) is 4.34. The first-order chi connectivity index (χ1) is 6.79. The molecule has 0 aliphatic rings. The van der Waals surface area contributed by atoms with Crippen molar-refractivity contribution < 1.29 is 0 Å². The summed E-state index contributed by atoms with van der Waals surface area (Å²) in [6.07, 6.45) is 0. The van der Waals surface area contributed by atoms with Crippen molar-refractivity contribution in [2.45, 2.75) is 26.3 Å². The Morgan fingerprint density at radius 2 is 1.80 bits per heavy atom. The van der Waals surface area contributed by atoms with Gasteiger partial charge in [0.1, 0.15) is 5.84 Å². The van der Waals surface area contributed by atoms with Gasteiger partial charge in [-0.25, -0.2) is 0 Å². The molecule has 0 aliphatic heterocycles. The average Bonchev–Trinajstić information content (AvgIpc) is 2.06. The maximum absolute atomic E-state index is 5.89. The van der Waals surface area contributed by atoms with Gasteiger partial charge in [-0.1, -0.05) is 23.2 Å². The van der Waals surface area contributed by atoms with E-state index in [2.05, 4.69) is 4.99 Å². The maximum atomic E-state index is 5.89. The van der Waals surface area contributed by atoms with Crippen LogP contribution in [0.1, 0.15) is 26.3 Å². The minimum absolute atomic E-state index is 0.198. The number of halogens is 2. The molecular formula is C11H14Cl2N2. The largest absolute Gasteiger partial charge is 0.383 e. The van der Waals surface area contributed by atoms with Gasteiger partial charge in [-0.05, 0) is 39.0 Å². The normalized spacial score (nSPS) is 13.0. The van der Waals surface area contributed by atoms with E-state index < -0.39 is 0 Å². The number of hydrogen-bond donors (Lipinski definition) is 1. The molecule has 1 aromatic rings. The van der Waals surface area contributed by atoms with Crippen molar-refractivity contribution in [3.63, 3.8) is 0 Å². The third-order valence-electron chi connectivity index (χ3n) is 1.67. The molecule has 4 heteroatoms. The van der Waals surface area contributed by atoms with Crippen LogP contribution < -0.4 is 5.73 Å². The molecule has 2 N–H and O–H groups in total. The van der Waals surface area contributed by atoms with Gasteiger partial charge in [0.25, 0.3) is 0 Å². The second-order valence-electron chi connectivity index (χ2n) is 4.30. The Labute approximate surface area is 100 Å². The lowest BCUT2D eigenvalue weighted by Gasteiger charge is -2.13.